The molecule has 1 aromatic heterocycles. The number of carbonyl (C=O) groups is 1. The third-order valence-electron chi connectivity index (χ3n) is 3.94. The zero-order valence-electron chi connectivity index (χ0n) is 15.7. The molecule has 6 nitrogen and oxygen atoms in total. The van der Waals surface area contributed by atoms with Crippen molar-refractivity contribution in [3.63, 3.8) is 0 Å². The fourth-order valence-electron chi connectivity index (χ4n) is 2.62. The Balaban J connectivity index is 1.88. The highest BCUT2D eigenvalue weighted by molar-refractivity contribution is 7.09. The molecule has 0 saturated heterocycles. The van der Waals surface area contributed by atoms with Crippen LogP contribution in [0.25, 0.3) is 0 Å². The van der Waals surface area contributed by atoms with E-state index in [1.807, 2.05) is 18.2 Å². The van der Waals surface area contributed by atoms with E-state index in [-0.39, 0.29) is 11.9 Å². The second kappa shape index (κ2) is 9.54. The molecule has 1 atom stereocenters. The van der Waals surface area contributed by atoms with Gasteiger partial charge in [0, 0.05) is 11.9 Å². The van der Waals surface area contributed by atoms with Crippen molar-refractivity contribution in [2.75, 3.05) is 20.8 Å². The highest BCUT2D eigenvalue weighted by Gasteiger charge is 2.16. The van der Waals surface area contributed by atoms with Gasteiger partial charge in [-0.25, -0.2) is 4.98 Å². The summed E-state index contributed by atoms with van der Waals surface area (Å²) in [6.07, 6.45) is 1.55. The molecule has 0 aliphatic rings. The molecule has 0 aliphatic carbocycles. The molecular formula is C19H27N3O3S. The van der Waals surface area contributed by atoms with Crippen LogP contribution in [0.2, 0.25) is 0 Å². The Kier molecular flexibility index (Phi) is 7.41. The van der Waals surface area contributed by atoms with Crippen LogP contribution in [-0.2, 0) is 6.42 Å². The highest BCUT2D eigenvalue weighted by atomic mass is 32.1. The van der Waals surface area contributed by atoms with Crippen LogP contribution in [0.15, 0.2) is 23.6 Å². The quantitative estimate of drug-likeness (QED) is 0.701. The van der Waals surface area contributed by atoms with Crippen molar-refractivity contribution in [3.8, 4) is 11.5 Å². The van der Waals surface area contributed by atoms with Gasteiger partial charge in [-0.05, 0) is 36.5 Å². The number of hydrogen-bond donors (Lipinski definition) is 2. The van der Waals surface area contributed by atoms with Crippen molar-refractivity contribution in [1.82, 2.24) is 10.3 Å². The van der Waals surface area contributed by atoms with E-state index in [0.29, 0.717) is 36.1 Å². The zero-order valence-corrected chi connectivity index (χ0v) is 16.6. The number of hydrogen-bond acceptors (Lipinski definition) is 6. The summed E-state index contributed by atoms with van der Waals surface area (Å²) >= 11 is 1.44. The van der Waals surface area contributed by atoms with Gasteiger partial charge in [0.2, 0.25) is 0 Å². The summed E-state index contributed by atoms with van der Waals surface area (Å²) in [4.78, 5) is 16.6. The first kappa shape index (κ1) is 20.2. The Hall–Kier alpha value is -2.12. The van der Waals surface area contributed by atoms with Crippen LogP contribution < -0.4 is 20.5 Å². The third kappa shape index (κ3) is 5.44. The molecule has 1 aromatic carbocycles. The van der Waals surface area contributed by atoms with Crippen LogP contribution in [0.5, 0.6) is 11.5 Å². The third-order valence-corrected chi connectivity index (χ3v) is 4.92. The number of nitrogens with zero attached hydrogens (tertiary/aromatic N) is 1. The van der Waals surface area contributed by atoms with Crippen LogP contribution in [0.3, 0.4) is 0 Å². The molecule has 142 valence electrons. The average molecular weight is 378 g/mol. The van der Waals surface area contributed by atoms with Gasteiger partial charge < -0.3 is 20.5 Å². The van der Waals surface area contributed by atoms with E-state index >= 15 is 0 Å². The molecule has 2 aromatic rings. The predicted octanol–water partition coefficient (Wildman–Crippen LogP) is 3.18. The normalized spacial score (nSPS) is 12.1. The lowest BCUT2D eigenvalue weighted by atomic mass is 10.1. The lowest BCUT2D eigenvalue weighted by Gasteiger charge is -2.10. The van der Waals surface area contributed by atoms with Crippen LogP contribution in [0.4, 0.5) is 0 Å². The minimum atomic E-state index is -0.176. The number of aromatic nitrogens is 1. The van der Waals surface area contributed by atoms with E-state index in [4.69, 9.17) is 15.2 Å². The van der Waals surface area contributed by atoms with Gasteiger partial charge >= 0.3 is 0 Å². The SMILES string of the molecule is COc1ccc(CCNC(=O)c2csc(C(N)CC(C)C)n2)cc1OC. The second-order valence-electron chi connectivity index (χ2n) is 6.50. The maximum atomic E-state index is 12.3. The van der Waals surface area contributed by atoms with Crippen LogP contribution in [0.1, 0.15) is 47.4 Å². The summed E-state index contributed by atoms with van der Waals surface area (Å²) in [7, 11) is 3.21. The van der Waals surface area contributed by atoms with Gasteiger partial charge in [0.05, 0.1) is 20.3 Å². The first-order valence-corrected chi connectivity index (χ1v) is 9.52. The number of thiazole rings is 1. The summed E-state index contributed by atoms with van der Waals surface area (Å²) in [6, 6.07) is 5.61. The van der Waals surface area contributed by atoms with Crippen molar-refractivity contribution < 1.29 is 14.3 Å². The molecule has 26 heavy (non-hydrogen) atoms. The van der Waals surface area contributed by atoms with Crippen molar-refractivity contribution in [2.45, 2.75) is 32.7 Å². The molecule has 1 heterocycles. The molecule has 0 spiro atoms. The van der Waals surface area contributed by atoms with Gasteiger partial charge in [-0.1, -0.05) is 19.9 Å². The maximum absolute atomic E-state index is 12.3. The molecule has 0 saturated carbocycles. The number of amides is 1. The van der Waals surface area contributed by atoms with E-state index in [1.54, 1.807) is 19.6 Å². The van der Waals surface area contributed by atoms with Crippen molar-refractivity contribution in [2.24, 2.45) is 11.7 Å². The van der Waals surface area contributed by atoms with Crippen LogP contribution in [-0.4, -0.2) is 31.7 Å². The number of carbonyl (C=O) groups excluding carboxylic acids is 1. The monoisotopic (exact) mass is 377 g/mol. The number of rotatable bonds is 9. The smallest absolute Gasteiger partial charge is 0.270 e. The lowest BCUT2D eigenvalue weighted by Crippen LogP contribution is -2.26. The van der Waals surface area contributed by atoms with Crippen LogP contribution in [0, 0.1) is 5.92 Å². The van der Waals surface area contributed by atoms with Gasteiger partial charge in [0.25, 0.3) is 5.91 Å². The minimum absolute atomic E-state index is 0.117. The molecule has 0 fully saturated rings. The van der Waals surface area contributed by atoms with Crippen molar-refractivity contribution in [1.29, 1.82) is 0 Å². The Bertz CT molecular complexity index is 731. The standard InChI is InChI=1S/C19H27N3O3S/c1-12(2)9-14(20)19-22-15(11-26-19)18(23)21-8-7-13-5-6-16(24-3)17(10-13)25-4/h5-6,10-12,14H,7-9,20H2,1-4H3,(H,21,23). The molecular weight excluding hydrogens is 350 g/mol. The average Bonchev–Trinajstić information content (AvgIpc) is 3.11. The first-order valence-electron chi connectivity index (χ1n) is 8.64. The van der Waals surface area contributed by atoms with E-state index in [1.165, 1.54) is 11.3 Å². The molecule has 2 rings (SSSR count). The second-order valence-corrected chi connectivity index (χ2v) is 7.39. The molecule has 0 radical (unpaired) electrons. The summed E-state index contributed by atoms with van der Waals surface area (Å²) in [5, 5.41) is 5.47. The fraction of sp³-hybridized carbons (Fsp3) is 0.474. The number of nitrogens with one attached hydrogen (secondary N) is 1. The molecule has 3 N–H and O–H groups in total. The molecule has 0 aliphatic heterocycles. The van der Waals surface area contributed by atoms with Gasteiger partial charge in [-0.15, -0.1) is 11.3 Å². The molecule has 0 bridgehead atoms. The zero-order chi connectivity index (χ0) is 19.1. The number of methoxy groups -OCH3 is 2. The number of benzene rings is 1. The van der Waals surface area contributed by atoms with Gasteiger partial charge in [-0.2, -0.15) is 0 Å². The summed E-state index contributed by atoms with van der Waals surface area (Å²) in [5.74, 6) is 1.69. The minimum Gasteiger partial charge on any atom is -0.493 e. The first-order chi connectivity index (χ1) is 12.4. The van der Waals surface area contributed by atoms with Crippen LogP contribution >= 0.6 is 11.3 Å². The maximum Gasteiger partial charge on any atom is 0.270 e. The van der Waals surface area contributed by atoms with Gasteiger partial charge in [0.1, 0.15) is 10.7 Å². The largest absolute Gasteiger partial charge is 0.493 e. The highest BCUT2D eigenvalue weighted by Crippen LogP contribution is 2.27. The summed E-state index contributed by atoms with van der Waals surface area (Å²) in [5.41, 5.74) is 7.61. The predicted molar refractivity (Wildman–Crippen MR) is 104 cm³/mol. The van der Waals surface area contributed by atoms with Crippen molar-refractivity contribution >= 4 is 17.2 Å². The Morgan fingerprint density at radius 1 is 1.27 bits per heavy atom. The number of ether oxygens (including phenoxy) is 2. The van der Waals surface area contributed by atoms with Gasteiger partial charge in [-0.3, -0.25) is 4.79 Å². The van der Waals surface area contributed by atoms with E-state index in [2.05, 4.69) is 24.1 Å². The topological polar surface area (TPSA) is 86.5 Å². The number of nitrogens with two attached hydrogens (primary N) is 1. The summed E-state index contributed by atoms with van der Waals surface area (Å²) in [6.45, 7) is 4.75. The molecule has 7 heteroatoms. The fourth-order valence-corrected chi connectivity index (χ4v) is 3.43. The molecule has 1 amide bonds. The van der Waals surface area contributed by atoms with E-state index < -0.39 is 0 Å². The van der Waals surface area contributed by atoms with Gasteiger partial charge in [0.15, 0.2) is 11.5 Å². The Labute approximate surface area is 158 Å². The lowest BCUT2D eigenvalue weighted by molar-refractivity contribution is 0.0949. The Morgan fingerprint density at radius 3 is 2.65 bits per heavy atom. The van der Waals surface area contributed by atoms with Crippen molar-refractivity contribution in [3.05, 3.63) is 39.8 Å². The molecule has 1 unspecified atom stereocenters. The Morgan fingerprint density at radius 2 is 2.00 bits per heavy atom. The summed E-state index contributed by atoms with van der Waals surface area (Å²) < 4.78 is 10.5. The van der Waals surface area contributed by atoms with E-state index in [0.717, 1.165) is 17.0 Å². The van der Waals surface area contributed by atoms with E-state index in [9.17, 15) is 4.79 Å².